The van der Waals surface area contributed by atoms with E-state index in [1.807, 2.05) is 0 Å². The summed E-state index contributed by atoms with van der Waals surface area (Å²) in [6, 6.07) is 0.513. The lowest BCUT2D eigenvalue weighted by atomic mass is 9.92. The van der Waals surface area contributed by atoms with E-state index in [0.29, 0.717) is 11.9 Å². The molecule has 0 spiro atoms. The average Bonchev–Trinajstić information content (AvgIpc) is 2.67. The maximum absolute atomic E-state index is 12.7. The summed E-state index contributed by atoms with van der Waals surface area (Å²) in [7, 11) is 0. The number of hydrogen-bond acceptors (Lipinski definition) is 3. The highest BCUT2D eigenvalue weighted by Crippen LogP contribution is 2.26. The summed E-state index contributed by atoms with van der Waals surface area (Å²) in [5, 5.41) is 0. The van der Waals surface area contributed by atoms with Crippen molar-refractivity contribution in [2.75, 3.05) is 39.3 Å². The fourth-order valence-electron chi connectivity index (χ4n) is 4.47. The molecule has 0 aromatic heterocycles. The first kappa shape index (κ1) is 19.2. The number of rotatable bonds is 3. The molecule has 0 unspecified atom stereocenters. The first-order valence-electron chi connectivity index (χ1n) is 9.66. The maximum atomic E-state index is 12.7. The van der Waals surface area contributed by atoms with Crippen molar-refractivity contribution < 1.29 is 9.59 Å². The number of carbonyl (C=O) groups is 2. The van der Waals surface area contributed by atoms with Gasteiger partial charge in [0, 0.05) is 38.1 Å². The summed E-state index contributed by atoms with van der Waals surface area (Å²) in [5.41, 5.74) is 0. The highest BCUT2D eigenvalue weighted by Gasteiger charge is 2.34. The standard InChI is InChI=1S/C18H29Cl2N3O2/c19-16(20)18(25)23-12-6-15(7-13-23)21-10-4-14(5-11-21)17(24)22-8-2-1-3-9-22/h14-16H,1-13H2. The van der Waals surface area contributed by atoms with Crippen LogP contribution < -0.4 is 0 Å². The molecule has 3 fully saturated rings. The number of hydrogen-bond donors (Lipinski definition) is 0. The van der Waals surface area contributed by atoms with Crippen molar-refractivity contribution in [2.24, 2.45) is 5.92 Å². The first-order chi connectivity index (χ1) is 12.1. The van der Waals surface area contributed by atoms with Crippen LogP contribution in [0.3, 0.4) is 0 Å². The normalized spacial score (nSPS) is 24.8. The Morgan fingerprint density at radius 3 is 1.92 bits per heavy atom. The van der Waals surface area contributed by atoms with E-state index in [2.05, 4.69) is 9.80 Å². The van der Waals surface area contributed by atoms with Crippen LogP contribution in [0.15, 0.2) is 0 Å². The largest absolute Gasteiger partial charge is 0.342 e. The predicted octanol–water partition coefficient (Wildman–Crippen LogP) is 2.51. The Balaban J connectivity index is 1.42. The molecule has 3 heterocycles. The molecule has 0 aliphatic carbocycles. The summed E-state index contributed by atoms with van der Waals surface area (Å²) >= 11 is 11.4. The van der Waals surface area contributed by atoms with Gasteiger partial charge >= 0.3 is 0 Å². The van der Waals surface area contributed by atoms with Crippen molar-refractivity contribution in [3.05, 3.63) is 0 Å². The minimum Gasteiger partial charge on any atom is -0.342 e. The molecule has 0 saturated carbocycles. The zero-order valence-corrected chi connectivity index (χ0v) is 16.4. The summed E-state index contributed by atoms with van der Waals surface area (Å²) < 4.78 is 0. The van der Waals surface area contributed by atoms with Crippen LogP contribution in [-0.2, 0) is 9.59 Å². The van der Waals surface area contributed by atoms with Crippen molar-refractivity contribution in [3.8, 4) is 0 Å². The number of piperidine rings is 3. The molecule has 5 nitrogen and oxygen atoms in total. The molecule has 0 N–H and O–H groups in total. The molecule has 0 aromatic rings. The topological polar surface area (TPSA) is 43.9 Å². The maximum Gasteiger partial charge on any atom is 0.255 e. The quantitative estimate of drug-likeness (QED) is 0.696. The molecule has 3 aliphatic rings. The molecule has 0 atom stereocenters. The average molecular weight is 390 g/mol. The molecule has 3 rings (SSSR count). The Hall–Kier alpha value is -0.520. The number of carbonyl (C=O) groups excluding carboxylic acids is 2. The van der Waals surface area contributed by atoms with Crippen molar-refractivity contribution in [1.29, 1.82) is 0 Å². The van der Waals surface area contributed by atoms with E-state index in [1.165, 1.54) is 6.42 Å². The highest BCUT2D eigenvalue weighted by atomic mass is 35.5. The zero-order chi connectivity index (χ0) is 17.8. The van der Waals surface area contributed by atoms with Crippen LogP contribution in [0.1, 0.15) is 44.9 Å². The van der Waals surface area contributed by atoms with Gasteiger partial charge in [-0.15, -0.1) is 0 Å². The summed E-state index contributed by atoms with van der Waals surface area (Å²) in [5.74, 6) is 0.423. The van der Waals surface area contributed by atoms with E-state index in [1.54, 1.807) is 4.90 Å². The van der Waals surface area contributed by atoms with Crippen LogP contribution in [0.2, 0.25) is 0 Å². The van der Waals surface area contributed by atoms with E-state index in [-0.39, 0.29) is 11.8 Å². The minimum absolute atomic E-state index is 0.174. The van der Waals surface area contributed by atoms with Gasteiger partial charge in [0.15, 0.2) is 4.84 Å². The Morgan fingerprint density at radius 1 is 0.760 bits per heavy atom. The molecule has 7 heteroatoms. The van der Waals surface area contributed by atoms with Crippen LogP contribution in [-0.4, -0.2) is 76.7 Å². The monoisotopic (exact) mass is 389 g/mol. The first-order valence-corrected chi connectivity index (χ1v) is 10.5. The third-order valence-electron chi connectivity index (χ3n) is 6.03. The van der Waals surface area contributed by atoms with Crippen LogP contribution in [0.5, 0.6) is 0 Å². The van der Waals surface area contributed by atoms with E-state index >= 15 is 0 Å². The highest BCUT2D eigenvalue weighted by molar-refractivity contribution is 6.53. The molecule has 142 valence electrons. The Morgan fingerprint density at radius 2 is 1.36 bits per heavy atom. The van der Waals surface area contributed by atoms with Gasteiger partial charge in [-0.25, -0.2) is 0 Å². The lowest BCUT2D eigenvalue weighted by Crippen LogP contribution is -2.51. The van der Waals surface area contributed by atoms with Crippen molar-refractivity contribution in [1.82, 2.24) is 14.7 Å². The van der Waals surface area contributed by atoms with Gasteiger partial charge in [0.1, 0.15) is 0 Å². The molecule has 2 amide bonds. The molecule has 25 heavy (non-hydrogen) atoms. The number of likely N-dealkylation sites (tertiary alicyclic amines) is 3. The second-order valence-corrected chi connectivity index (χ2v) is 8.65. The molecule has 3 saturated heterocycles. The van der Waals surface area contributed by atoms with Crippen molar-refractivity contribution in [3.63, 3.8) is 0 Å². The van der Waals surface area contributed by atoms with Gasteiger partial charge < -0.3 is 14.7 Å². The molecule has 0 bridgehead atoms. The predicted molar refractivity (Wildman–Crippen MR) is 99.8 cm³/mol. The number of halogens is 2. The second kappa shape index (κ2) is 8.92. The van der Waals surface area contributed by atoms with Crippen LogP contribution in [0.4, 0.5) is 0 Å². The molecule has 0 radical (unpaired) electrons. The lowest BCUT2D eigenvalue weighted by molar-refractivity contribution is -0.138. The number of amides is 2. The van der Waals surface area contributed by atoms with Crippen molar-refractivity contribution in [2.45, 2.75) is 55.8 Å². The molecular formula is C18H29Cl2N3O2. The SMILES string of the molecule is O=C(C(Cl)Cl)N1CCC(N2CCC(C(=O)N3CCCCC3)CC2)CC1. The van der Waals surface area contributed by atoms with E-state index in [0.717, 1.165) is 77.8 Å². The lowest BCUT2D eigenvalue weighted by Gasteiger charge is -2.42. The van der Waals surface area contributed by atoms with Gasteiger partial charge in [0.25, 0.3) is 5.91 Å². The number of alkyl halides is 2. The Bertz CT molecular complexity index is 467. The fourth-order valence-corrected chi connectivity index (χ4v) is 4.75. The van der Waals surface area contributed by atoms with Gasteiger partial charge in [-0.1, -0.05) is 23.2 Å². The van der Waals surface area contributed by atoms with Gasteiger partial charge in [-0.3, -0.25) is 9.59 Å². The van der Waals surface area contributed by atoms with Crippen LogP contribution in [0.25, 0.3) is 0 Å². The summed E-state index contributed by atoms with van der Waals surface area (Å²) in [4.78, 5) is 29.9. The van der Waals surface area contributed by atoms with Gasteiger partial charge in [-0.2, -0.15) is 0 Å². The Labute approximate surface area is 160 Å². The van der Waals surface area contributed by atoms with Gasteiger partial charge in [0.05, 0.1) is 0 Å². The summed E-state index contributed by atoms with van der Waals surface area (Å²) in [6.45, 7) is 5.35. The van der Waals surface area contributed by atoms with Crippen molar-refractivity contribution >= 4 is 35.0 Å². The smallest absolute Gasteiger partial charge is 0.255 e. The second-order valence-electron chi connectivity index (χ2n) is 7.55. The van der Waals surface area contributed by atoms with E-state index in [4.69, 9.17) is 23.2 Å². The van der Waals surface area contributed by atoms with E-state index in [9.17, 15) is 9.59 Å². The molecule has 0 aromatic carbocycles. The van der Waals surface area contributed by atoms with Gasteiger partial charge in [0.2, 0.25) is 5.91 Å². The third-order valence-corrected chi connectivity index (χ3v) is 6.40. The minimum atomic E-state index is -0.951. The van der Waals surface area contributed by atoms with Crippen LogP contribution >= 0.6 is 23.2 Å². The molecular weight excluding hydrogens is 361 g/mol. The van der Waals surface area contributed by atoms with Gasteiger partial charge in [-0.05, 0) is 58.0 Å². The number of nitrogens with zero attached hydrogens (tertiary/aromatic N) is 3. The Kier molecular flexibility index (Phi) is 6.86. The molecule has 3 aliphatic heterocycles. The van der Waals surface area contributed by atoms with E-state index < -0.39 is 4.84 Å². The zero-order valence-electron chi connectivity index (χ0n) is 14.8. The fraction of sp³-hybridized carbons (Fsp3) is 0.889. The van der Waals surface area contributed by atoms with Crippen LogP contribution in [0, 0.1) is 5.92 Å². The third kappa shape index (κ3) is 4.81. The summed E-state index contributed by atoms with van der Waals surface area (Å²) in [6.07, 6.45) is 7.46.